The van der Waals surface area contributed by atoms with Crippen molar-refractivity contribution in [3.8, 4) is 0 Å². The van der Waals surface area contributed by atoms with Crippen molar-refractivity contribution in [1.29, 1.82) is 0 Å². The van der Waals surface area contributed by atoms with Crippen molar-refractivity contribution in [3.63, 3.8) is 0 Å². The Balaban J connectivity index is 1.74. The van der Waals surface area contributed by atoms with Crippen LogP contribution in [0.1, 0.15) is 18.0 Å². The van der Waals surface area contributed by atoms with Crippen LogP contribution in [0.15, 0.2) is 36.4 Å². The van der Waals surface area contributed by atoms with Crippen LogP contribution in [0, 0.1) is 5.82 Å². The first-order valence-corrected chi connectivity index (χ1v) is 6.96. The third-order valence-electron chi connectivity index (χ3n) is 3.86. The lowest BCUT2D eigenvalue weighted by atomic mass is 10.0. The number of hydrogen-bond acceptors (Lipinski definition) is 6. The molecular weight excluding hydrogens is 287 g/mol. The van der Waals surface area contributed by atoms with E-state index in [9.17, 15) is 9.50 Å². The molecule has 8 heteroatoms. The molecule has 7 nitrogen and oxygen atoms in total. The molecule has 0 saturated carbocycles. The second kappa shape index (κ2) is 4.99. The molecule has 0 bridgehead atoms. The van der Waals surface area contributed by atoms with E-state index < -0.39 is 6.10 Å². The van der Waals surface area contributed by atoms with E-state index in [1.165, 1.54) is 16.8 Å². The molecular formula is C14H13FN6O. The molecule has 1 aliphatic rings. The van der Waals surface area contributed by atoms with Crippen LogP contribution in [0.3, 0.4) is 0 Å². The summed E-state index contributed by atoms with van der Waals surface area (Å²) < 4.78 is 14.8. The van der Waals surface area contributed by atoms with Crippen molar-refractivity contribution in [2.45, 2.75) is 18.6 Å². The van der Waals surface area contributed by atoms with Gasteiger partial charge in [0.25, 0.3) is 0 Å². The number of tetrazole rings is 1. The summed E-state index contributed by atoms with van der Waals surface area (Å²) in [6, 6.07) is 9.86. The van der Waals surface area contributed by atoms with Gasteiger partial charge in [-0.3, -0.25) is 0 Å². The number of nitrogens with zero attached hydrogens (tertiary/aromatic N) is 6. The number of aromatic nitrogens is 5. The quantitative estimate of drug-likeness (QED) is 0.759. The van der Waals surface area contributed by atoms with Crippen LogP contribution in [0.2, 0.25) is 0 Å². The van der Waals surface area contributed by atoms with E-state index in [1.54, 1.807) is 18.2 Å². The maximum Gasteiger partial charge on any atom is 0.200 e. The fourth-order valence-electron chi connectivity index (χ4n) is 2.89. The largest absolute Gasteiger partial charge is 0.391 e. The molecule has 3 aromatic rings. The van der Waals surface area contributed by atoms with E-state index >= 15 is 0 Å². The number of fused-ring (bicyclic) bond motifs is 1. The van der Waals surface area contributed by atoms with Gasteiger partial charge in [0.1, 0.15) is 5.82 Å². The highest BCUT2D eigenvalue weighted by Crippen LogP contribution is 2.35. The van der Waals surface area contributed by atoms with E-state index in [0.717, 1.165) is 5.56 Å². The third-order valence-corrected chi connectivity index (χ3v) is 3.86. The van der Waals surface area contributed by atoms with Gasteiger partial charge >= 0.3 is 0 Å². The van der Waals surface area contributed by atoms with Crippen molar-refractivity contribution >= 4 is 11.5 Å². The summed E-state index contributed by atoms with van der Waals surface area (Å²) in [5.74, 6) is 0.355. The maximum atomic E-state index is 13.5. The lowest BCUT2D eigenvalue weighted by molar-refractivity contribution is 0.194. The number of benzene rings is 1. The van der Waals surface area contributed by atoms with Gasteiger partial charge in [-0.05, 0) is 46.7 Å². The highest BCUT2D eigenvalue weighted by atomic mass is 19.1. The molecule has 2 atom stereocenters. The van der Waals surface area contributed by atoms with Gasteiger partial charge in [0.05, 0.1) is 12.1 Å². The number of anilines is 1. The number of aliphatic hydroxyl groups excluding tert-OH is 1. The molecule has 0 radical (unpaired) electrons. The van der Waals surface area contributed by atoms with E-state index in [1.807, 2.05) is 11.0 Å². The van der Waals surface area contributed by atoms with Crippen molar-refractivity contribution in [2.75, 3.05) is 11.4 Å². The Kier molecular flexibility index (Phi) is 2.97. The van der Waals surface area contributed by atoms with Gasteiger partial charge in [0.15, 0.2) is 11.5 Å². The van der Waals surface area contributed by atoms with Crippen LogP contribution >= 0.6 is 0 Å². The Bertz CT molecular complexity index is 822. The summed E-state index contributed by atoms with van der Waals surface area (Å²) in [6.45, 7) is 0.432. The Hall–Kier alpha value is -2.61. The van der Waals surface area contributed by atoms with E-state index in [2.05, 4.69) is 20.6 Å². The molecule has 4 rings (SSSR count). The molecule has 112 valence electrons. The van der Waals surface area contributed by atoms with Crippen LogP contribution in [0.25, 0.3) is 5.65 Å². The van der Waals surface area contributed by atoms with Crippen LogP contribution < -0.4 is 4.90 Å². The molecule has 1 N–H and O–H groups in total. The van der Waals surface area contributed by atoms with Gasteiger partial charge in [-0.15, -0.1) is 14.8 Å². The number of β-amino-alcohol motifs (C(OH)–C–C–N with tert-alkyl or cyclic N) is 1. The molecule has 0 amide bonds. The molecule has 0 spiro atoms. The first-order valence-electron chi connectivity index (χ1n) is 6.96. The summed E-state index contributed by atoms with van der Waals surface area (Å²) in [6.07, 6.45) is 0.0401. The predicted octanol–water partition coefficient (Wildman–Crippen LogP) is 0.971. The minimum absolute atomic E-state index is 0.132. The van der Waals surface area contributed by atoms with E-state index in [4.69, 9.17) is 0 Å². The van der Waals surface area contributed by atoms with Gasteiger partial charge in [0.2, 0.25) is 0 Å². The van der Waals surface area contributed by atoms with Gasteiger partial charge in [-0.1, -0.05) is 12.1 Å². The van der Waals surface area contributed by atoms with Crippen molar-refractivity contribution in [1.82, 2.24) is 25.3 Å². The molecule has 22 heavy (non-hydrogen) atoms. The third kappa shape index (κ3) is 2.17. The van der Waals surface area contributed by atoms with Crippen LogP contribution in [-0.4, -0.2) is 43.0 Å². The average molecular weight is 300 g/mol. The Morgan fingerprint density at radius 1 is 1.23 bits per heavy atom. The monoisotopic (exact) mass is 300 g/mol. The summed E-state index contributed by atoms with van der Waals surface area (Å²) in [4.78, 5) is 1.94. The zero-order chi connectivity index (χ0) is 15.1. The topological polar surface area (TPSA) is 79.4 Å². The second-order valence-corrected chi connectivity index (χ2v) is 5.33. The van der Waals surface area contributed by atoms with Gasteiger partial charge in [0, 0.05) is 6.54 Å². The van der Waals surface area contributed by atoms with E-state index in [-0.39, 0.29) is 11.9 Å². The standard InChI is InChI=1S/C14H13FN6O/c15-10-3-1-2-9(6-10)12-7-11(22)8-20(12)14-5-4-13-16-18-19-21(13)17-14/h1-6,11-12,22H,7-8H2. The molecule has 2 unspecified atom stereocenters. The molecule has 3 heterocycles. The maximum absolute atomic E-state index is 13.5. The Labute approximate surface area is 125 Å². The molecule has 1 aliphatic heterocycles. The van der Waals surface area contributed by atoms with Crippen molar-refractivity contribution in [3.05, 3.63) is 47.8 Å². The number of hydrogen-bond donors (Lipinski definition) is 1. The molecule has 2 aromatic heterocycles. The minimum atomic E-state index is -0.486. The Morgan fingerprint density at radius 2 is 2.14 bits per heavy atom. The number of rotatable bonds is 2. The van der Waals surface area contributed by atoms with Crippen molar-refractivity contribution in [2.24, 2.45) is 0 Å². The fraction of sp³-hybridized carbons (Fsp3) is 0.286. The number of halogens is 1. The smallest absolute Gasteiger partial charge is 0.200 e. The fourth-order valence-corrected chi connectivity index (χ4v) is 2.89. The Morgan fingerprint density at radius 3 is 3.00 bits per heavy atom. The van der Waals surface area contributed by atoms with Gasteiger partial charge in [-0.2, -0.15) is 0 Å². The summed E-state index contributed by atoms with van der Waals surface area (Å²) in [7, 11) is 0. The predicted molar refractivity (Wildman–Crippen MR) is 75.7 cm³/mol. The average Bonchev–Trinajstić information content (AvgIpc) is 3.12. The summed E-state index contributed by atoms with van der Waals surface area (Å²) >= 11 is 0. The van der Waals surface area contributed by atoms with Crippen molar-refractivity contribution < 1.29 is 9.50 Å². The number of aliphatic hydroxyl groups is 1. The van der Waals surface area contributed by atoms with Crippen LogP contribution in [0.5, 0.6) is 0 Å². The highest BCUT2D eigenvalue weighted by Gasteiger charge is 2.33. The van der Waals surface area contributed by atoms with E-state index in [0.29, 0.717) is 24.4 Å². The highest BCUT2D eigenvalue weighted by molar-refractivity contribution is 5.48. The lowest BCUT2D eigenvalue weighted by Gasteiger charge is -2.25. The second-order valence-electron chi connectivity index (χ2n) is 5.33. The van der Waals surface area contributed by atoms with Crippen LogP contribution in [-0.2, 0) is 0 Å². The zero-order valence-electron chi connectivity index (χ0n) is 11.5. The molecule has 1 saturated heterocycles. The van der Waals surface area contributed by atoms with Gasteiger partial charge in [-0.25, -0.2) is 4.39 Å². The summed E-state index contributed by atoms with van der Waals surface area (Å²) in [5.41, 5.74) is 1.36. The zero-order valence-corrected chi connectivity index (χ0v) is 11.5. The summed E-state index contributed by atoms with van der Waals surface area (Å²) in [5, 5.41) is 25.5. The SMILES string of the molecule is OC1CC(c2cccc(F)c2)N(c2ccc3nnnn3n2)C1. The first kappa shape index (κ1) is 13.1. The lowest BCUT2D eigenvalue weighted by Crippen LogP contribution is -2.26. The molecule has 1 fully saturated rings. The first-order chi connectivity index (χ1) is 10.7. The van der Waals surface area contributed by atoms with Gasteiger partial charge < -0.3 is 10.0 Å². The normalized spacial score (nSPS) is 21.6. The molecule has 1 aromatic carbocycles. The van der Waals surface area contributed by atoms with Crippen LogP contribution in [0.4, 0.5) is 10.2 Å². The minimum Gasteiger partial charge on any atom is -0.391 e. The molecule has 0 aliphatic carbocycles.